The summed E-state index contributed by atoms with van der Waals surface area (Å²) in [6.07, 6.45) is 1.99. The van der Waals surface area contributed by atoms with E-state index in [1.807, 2.05) is 22.9 Å². The zero-order chi connectivity index (χ0) is 14.1. The number of rotatable bonds is 4. The minimum absolute atomic E-state index is 0.247. The van der Waals surface area contributed by atoms with Crippen LogP contribution in [0.5, 0.6) is 5.75 Å². The Hall–Kier alpha value is -2.08. The van der Waals surface area contributed by atoms with Gasteiger partial charge in [-0.2, -0.15) is 0 Å². The number of thiazole rings is 1. The third-order valence-corrected chi connectivity index (χ3v) is 3.93. The number of fused-ring (bicyclic) bond motifs is 1. The fourth-order valence-electron chi connectivity index (χ4n) is 2.12. The van der Waals surface area contributed by atoms with Crippen molar-refractivity contribution in [1.29, 1.82) is 0 Å². The number of aryl methyl sites for hydroxylation is 1. The zero-order valence-corrected chi connectivity index (χ0v) is 12.0. The summed E-state index contributed by atoms with van der Waals surface area (Å²) in [5.74, 6) is -0.125. The van der Waals surface area contributed by atoms with E-state index in [-0.39, 0.29) is 11.6 Å². The van der Waals surface area contributed by atoms with Crippen molar-refractivity contribution < 1.29 is 9.13 Å². The van der Waals surface area contributed by atoms with Crippen LogP contribution in [0.25, 0.3) is 4.96 Å². The fraction of sp³-hybridized carbons (Fsp3) is 0.214. The van der Waals surface area contributed by atoms with Crippen LogP contribution in [-0.4, -0.2) is 16.5 Å². The minimum Gasteiger partial charge on any atom is -0.494 e. The summed E-state index contributed by atoms with van der Waals surface area (Å²) >= 11 is 1.60. The van der Waals surface area contributed by atoms with Crippen molar-refractivity contribution in [3.05, 3.63) is 47.0 Å². The van der Waals surface area contributed by atoms with Crippen LogP contribution in [0.1, 0.15) is 11.4 Å². The van der Waals surface area contributed by atoms with E-state index >= 15 is 0 Å². The van der Waals surface area contributed by atoms with Crippen LogP contribution < -0.4 is 10.1 Å². The Kier molecular flexibility index (Phi) is 3.31. The van der Waals surface area contributed by atoms with Crippen LogP contribution in [0.3, 0.4) is 0 Å². The summed E-state index contributed by atoms with van der Waals surface area (Å²) in [6.45, 7) is 2.57. The van der Waals surface area contributed by atoms with Crippen molar-refractivity contribution in [2.24, 2.45) is 0 Å². The molecule has 1 N–H and O–H groups in total. The van der Waals surface area contributed by atoms with Crippen molar-refractivity contribution in [2.45, 2.75) is 13.5 Å². The van der Waals surface area contributed by atoms with Crippen molar-refractivity contribution in [3.8, 4) is 5.75 Å². The molecule has 0 atom stereocenters. The predicted octanol–water partition coefficient (Wildman–Crippen LogP) is 3.46. The van der Waals surface area contributed by atoms with Crippen molar-refractivity contribution in [2.75, 3.05) is 12.4 Å². The monoisotopic (exact) mass is 291 g/mol. The van der Waals surface area contributed by atoms with E-state index < -0.39 is 0 Å². The number of ether oxygens (including phenoxy) is 1. The SMILES string of the molecule is COc1ccc(NCc2c(C)nc3sccn23)cc1F. The lowest BCUT2D eigenvalue weighted by atomic mass is 10.2. The molecule has 2 heterocycles. The summed E-state index contributed by atoms with van der Waals surface area (Å²) in [5.41, 5.74) is 2.78. The highest BCUT2D eigenvalue weighted by Crippen LogP contribution is 2.22. The molecule has 0 saturated heterocycles. The van der Waals surface area contributed by atoms with Gasteiger partial charge in [0.05, 0.1) is 25.0 Å². The third kappa shape index (κ3) is 2.22. The Morgan fingerprint density at radius 1 is 1.45 bits per heavy atom. The molecule has 3 rings (SSSR count). The molecule has 0 unspecified atom stereocenters. The van der Waals surface area contributed by atoms with Crippen molar-refractivity contribution in [1.82, 2.24) is 9.38 Å². The van der Waals surface area contributed by atoms with Crippen LogP contribution in [0.4, 0.5) is 10.1 Å². The first-order valence-electron chi connectivity index (χ1n) is 6.17. The Balaban J connectivity index is 1.81. The molecule has 6 heteroatoms. The number of nitrogens with one attached hydrogen (secondary N) is 1. The van der Waals surface area contributed by atoms with Gasteiger partial charge in [-0.25, -0.2) is 9.37 Å². The van der Waals surface area contributed by atoms with E-state index in [1.165, 1.54) is 13.2 Å². The van der Waals surface area contributed by atoms with Gasteiger partial charge in [0.1, 0.15) is 0 Å². The van der Waals surface area contributed by atoms with E-state index in [9.17, 15) is 4.39 Å². The molecule has 3 aromatic rings. The topological polar surface area (TPSA) is 38.6 Å². The van der Waals surface area contributed by atoms with E-state index in [2.05, 4.69) is 10.3 Å². The number of hydrogen-bond acceptors (Lipinski definition) is 4. The van der Waals surface area contributed by atoms with Crippen LogP contribution in [-0.2, 0) is 6.54 Å². The quantitative estimate of drug-likeness (QED) is 0.800. The van der Waals surface area contributed by atoms with Gasteiger partial charge >= 0.3 is 0 Å². The number of benzene rings is 1. The first-order valence-corrected chi connectivity index (χ1v) is 7.05. The summed E-state index contributed by atoms with van der Waals surface area (Å²) in [4.78, 5) is 5.45. The molecule has 104 valence electrons. The molecule has 0 fully saturated rings. The maximum atomic E-state index is 13.6. The van der Waals surface area contributed by atoms with Gasteiger partial charge in [-0.3, -0.25) is 4.40 Å². The normalized spacial score (nSPS) is 10.9. The van der Waals surface area contributed by atoms with Crippen molar-refractivity contribution in [3.63, 3.8) is 0 Å². The Labute approximate surface area is 119 Å². The van der Waals surface area contributed by atoms with Crippen LogP contribution in [0.15, 0.2) is 29.8 Å². The van der Waals surface area contributed by atoms with Gasteiger partial charge < -0.3 is 10.1 Å². The number of methoxy groups -OCH3 is 1. The summed E-state index contributed by atoms with van der Waals surface area (Å²) < 4.78 is 20.6. The summed E-state index contributed by atoms with van der Waals surface area (Å²) in [7, 11) is 1.45. The average molecular weight is 291 g/mol. The maximum absolute atomic E-state index is 13.6. The highest BCUT2D eigenvalue weighted by atomic mass is 32.1. The second-order valence-electron chi connectivity index (χ2n) is 4.40. The number of aromatic nitrogens is 2. The van der Waals surface area contributed by atoms with E-state index in [0.29, 0.717) is 12.2 Å². The minimum atomic E-state index is -0.372. The smallest absolute Gasteiger partial charge is 0.194 e. The van der Waals surface area contributed by atoms with Gasteiger partial charge in [-0.15, -0.1) is 11.3 Å². The van der Waals surface area contributed by atoms with Gasteiger partial charge in [-0.05, 0) is 19.1 Å². The second kappa shape index (κ2) is 5.13. The first-order chi connectivity index (χ1) is 9.69. The standard InChI is InChI=1S/C14H14FN3OS/c1-9-12(18-5-6-20-14(18)17-9)8-16-10-3-4-13(19-2)11(15)7-10/h3-7,16H,8H2,1-2H3. The lowest BCUT2D eigenvalue weighted by Gasteiger charge is -2.08. The molecular formula is C14H14FN3OS. The number of anilines is 1. The zero-order valence-electron chi connectivity index (χ0n) is 11.2. The Morgan fingerprint density at radius 3 is 3.05 bits per heavy atom. The van der Waals surface area contributed by atoms with Gasteiger partial charge in [0.2, 0.25) is 0 Å². The van der Waals surface area contributed by atoms with Gasteiger partial charge in [0.15, 0.2) is 16.5 Å². The molecule has 0 aliphatic rings. The molecule has 20 heavy (non-hydrogen) atoms. The van der Waals surface area contributed by atoms with Crippen LogP contribution in [0.2, 0.25) is 0 Å². The molecule has 4 nitrogen and oxygen atoms in total. The molecule has 1 aromatic carbocycles. The second-order valence-corrected chi connectivity index (χ2v) is 5.28. The third-order valence-electron chi connectivity index (χ3n) is 3.17. The number of hydrogen-bond donors (Lipinski definition) is 1. The first kappa shape index (κ1) is 12.9. The van der Waals surface area contributed by atoms with E-state index in [0.717, 1.165) is 16.3 Å². The molecule has 0 aliphatic heterocycles. The van der Waals surface area contributed by atoms with Gasteiger partial charge in [0, 0.05) is 23.3 Å². The Morgan fingerprint density at radius 2 is 2.30 bits per heavy atom. The van der Waals surface area contributed by atoms with Crippen LogP contribution >= 0.6 is 11.3 Å². The van der Waals surface area contributed by atoms with Gasteiger partial charge in [-0.1, -0.05) is 0 Å². The lowest BCUT2D eigenvalue weighted by Crippen LogP contribution is -2.04. The molecule has 0 radical (unpaired) electrons. The number of nitrogens with zero attached hydrogens (tertiary/aromatic N) is 2. The van der Waals surface area contributed by atoms with Crippen molar-refractivity contribution >= 4 is 22.0 Å². The highest BCUT2D eigenvalue weighted by Gasteiger charge is 2.09. The maximum Gasteiger partial charge on any atom is 0.194 e. The molecular weight excluding hydrogens is 277 g/mol. The van der Waals surface area contributed by atoms with E-state index in [1.54, 1.807) is 23.5 Å². The lowest BCUT2D eigenvalue weighted by molar-refractivity contribution is 0.386. The number of imidazole rings is 1. The molecule has 0 aliphatic carbocycles. The predicted molar refractivity (Wildman–Crippen MR) is 78.1 cm³/mol. The highest BCUT2D eigenvalue weighted by molar-refractivity contribution is 7.15. The van der Waals surface area contributed by atoms with E-state index in [4.69, 9.17) is 4.74 Å². The van der Waals surface area contributed by atoms with Crippen LogP contribution in [0, 0.1) is 12.7 Å². The molecule has 0 amide bonds. The fourth-order valence-corrected chi connectivity index (χ4v) is 2.89. The molecule has 0 saturated carbocycles. The summed E-state index contributed by atoms with van der Waals surface area (Å²) in [5, 5.41) is 5.21. The molecule has 0 spiro atoms. The molecule has 0 bridgehead atoms. The largest absolute Gasteiger partial charge is 0.494 e. The molecule has 2 aromatic heterocycles. The average Bonchev–Trinajstić information content (AvgIpc) is 2.97. The van der Waals surface area contributed by atoms with Gasteiger partial charge in [0.25, 0.3) is 0 Å². The Bertz CT molecular complexity index is 750. The summed E-state index contributed by atoms with van der Waals surface area (Å²) in [6, 6.07) is 4.84. The number of halogens is 1.